The van der Waals surface area contributed by atoms with Gasteiger partial charge >= 0.3 is 0 Å². The Morgan fingerprint density at radius 3 is 2.94 bits per heavy atom. The van der Waals surface area contributed by atoms with Gasteiger partial charge in [0, 0.05) is 35.3 Å². The van der Waals surface area contributed by atoms with Gasteiger partial charge in [0.1, 0.15) is 11.6 Å². The van der Waals surface area contributed by atoms with Crippen LogP contribution in [0.4, 0.5) is 8.78 Å². The standard InChI is InChI=1S/C12H15F2IN2O/c13-10-1-2-11(15)12(14)9(10)7-17-3-4-18-8(5-16)6-17/h1-2,8H,3-7,16H2. The highest BCUT2D eigenvalue weighted by molar-refractivity contribution is 14.1. The second-order valence-electron chi connectivity index (χ2n) is 4.29. The maximum Gasteiger partial charge on any atom is 0.143 e. The molecule has 1 atom stereocenters. The van der Waals surface area contributed by atoms with Crippen molar-refractivity contribution in [1.29, 1.82) is 0 Å². The minimum absolute atomic E-state index is 0.0485. The first-order chi connectivity index (χ1) is 8.61. The van der Waals surface area contributed by atoms with Gasteiger partial charge in [-0.25, -0.2) is 8.78 Å². The summed E-state index contributed by atoms with van der Waals surface area (Å²) in [5, 5.41) is 0. The van der Waals surface area contributed by atoms with E-state index in [0.29, 0.717) is 29.8 Å². The predicted octanol–water partition coefficient (Wildman–Crippen LogP) is 1.73. The van der Waals surface area contributed by atoms with E-state index < -0.39 is 11.6 Å². The van der Waals surface area contributed by atoms with E-state index in [1.807, 2.05) is 27.5 Å². The molecule has 1 aliphatic heterocycles. The average molecular weight is 368 g/mol. The van der Waals surface area contributed by atoms with Gasteiger partial charge in [0.05, 0.1) is 12.7 Å². The summed E-state index contributed by atoms with van der Waals surface area (Å²) >= 11 is 1.87. The van der Waals surface area contributed by atoms with Gasteiger partial charge in [-0.1, -0.05) is 0 Å². The van der Waals surface area contributed by atoms with Crippen molar-refractivity contribution in [3.8, 4) is 0 Å². The number of hydrogen-bond donors (Lipinski definition) is 1. The van der Waals surface area contributed by atoms with Gasteiger partial charge in [0.2, 0.25) is 0 Å². The first-order valence-corrected chi connectivity index (χ1v) is 6.86. The first-order valence-electron chi connectivity index (χ1n) is 5.78. The van der Waals surface area contributed by atoms with Gasteiger partial charge in [-0.2, -0.15) is 0 Å². The van der Waals surface area contributed by atoms with Crippen LogP contribution in [0.2, 0.25) is 0 Å². The number of nitrogens with two attached hydrogens (primary N) is 1. The van der Waals surface area contributed by atoms with Crippen molar-refractivity contribution in [3.63, 3.8) is 0 Å². The fourth-order valence-electron chi connectivity index (χ4n) is 2.00. The second kappa shape index (κ2) is 6.23. The minimum atomic E-state index is -0.497. The monoisotopic (exact) mass is 368 g/mol. The van der Waals surface area contributed by atoms with Crippen LogP contribution in [0.15, 0.2) is 12.1 Å². The molecule has 2 rings (SSSR count). The van der Waals surface area contributed by atoms with Gasteiger partial charge in [-0.05, 0) is 34.7 Å². The third kappa shape index (κ3) is 3.17. The molecule has 0 bridgehead atoms. The molecule has 1 fully saturated rings. The van der Waals surface area contributed by atoms with E-state index in [-0.39, 0.29) is 18.2 Å². The third-order valence-electron chi connectivity index (χ3n) is 3.01. The van der Waals surface area contributed by atoms with Crippen molar-refractivity contribution in [3.05, 3.63) is 32.9 Å². The quantitative estimate of drug-likeness (QED) is 0.653. The summed E-state index contributed by atoms with van der Waals surface area (Å²) in [6.07, 6.45) is -0.0485. The molecule has 1 aromatic carbocycles. The molecule has 1 saturated heterocycles. The van der Waals surface area contributed by atoms with E-state index in [4.69, 9.17) is 10.5 Å². The summed E-state index contributed by atoms with van der Waals surface area (Å²) in [5.41, 5.74) is 5.67. The van der Waals surface area contributed by atoms with Gasteiger partial charge in [0.25, 0.3) is 0 Å². The number of ether oxygens (including phenoxy) is 1. The van der Waals surface area contributed by atoms with Gasteiger partial charge < -0.3 is 10.5 Å². The highest BCUT2D eigenvalue weighted by Crippen LogP contribution is 2.21. The molecular formula is C12H15F2IN2O. The molecule has 0 aliphatic carbocycles. The first kappa shape index (κ1) is 14.1. The molecule has 1 aromatic rings. The Bertz CT molecular complexity index is 431. The van der Waals surface area contributed by atoms with Crippen LogP contribution >= 0.6 is 22.6 Å². The van der Waals surface area contributed by atoms with Crippen LogP contribution in [0.25, 0.3) is 0 Å². The van der Waals surface area contributed by atoms with E-state index in [0.717, 1.165) is 0 Å². The summed E-state index contributed by atoms with van der Waals surface area (Å²) in [6.45, 7) is 2.51. The van der Waals surface area contributed by atoms with Crippen LogP contribution in [0, 0.1) is 15.2 Å². The van der Waals surface area contributed by atoms with Crippen LogP contribution in [-0.2, 0) is 11.3 Å². The average Bonchev–Trinajstić information content (AvgIpc) is 2.39. The summed E-state index contributed by atoms with van der Waals surface area (Å²) in [4.78, 5) is 1.97. The van der Waals surface area contributed by atoms with E-state index in [1.165, 1.54) is 12.1 Å². The van der Waals surface area contributed by atoms with Crippen LogP contribution in [-0.4, -0.2) is 37.2 Å². The van der Waals surface area contributed by atoms with Gasteiger partial charge in [-0.3, -0.25) is 4.90 Å². The van der Waals surface area contributed by atoms with E-state index in [2.05, 4.69) is 0 Å². The molecule has 1 aliphatic rings. The summed E-state index contributed by atoms with van der Waals surface area (Å²) < 4.78 is 33.4. The molecular weight excluding hydrogens is 353 g/mol. The summed E-state index contributed by atoms with van der Waals surface area (Å²) in [5.74, 6) is -0.963. The fourth-order valence-corrected chi connectivity index (χ4v) is 2.51. The molecule has 1 unspecified atom stereocenters. The van der Waals surface area contributed by atoms with Crippen molar-refractivity contribution in [2.45, 2.75) is 12.6 Å². The number of rotatable bonds is 3. The van der Waals surface area contributed by atoms with Crippen molar-refractivity contribution >= 4 is 22.6 Å². The van der Waals surface area contributed by atoms with Crippen LogP contribution in [0.1, 0.15) is 5.56 Å². The number of nitrogens with zero attached hydrogens (tertiary/aromatic N) is 1. The summed E-state index contributed by atoms with van der Waals surface area (Å²) in [6, 6.07) is 2.75. The molecule has 6 heteroatoms. The molecule has 100 valence electrons. The van der Waals surface area contributed by atoms with Gasteiger partial charge in [-0.15, -0.1) is 0 Å². The third-order valence-corrected chi connectivity index (χ3v) is 3.84. The van der Waals surface area contributed by atoms with E-state index >= 15 is 0 Å². The second-order valence-corrected chi connectivity index (χ2v) is 5.45. The molecule has 0 spiro atoms. The van der Waals surface area contributed by atoms with E-state index in [9.17, 15) is 8.78 Å². The Morgan fingerprint density at radius 2 is 2.22 bits per heavy atom. The minimum Gasteiger partial charge on any atom is -0.374 e. The number of morpholine rings is 1. The molecule has 2 N–H and O–H groups in total. The van der Waals surface area contributed by atoms with Gasteiger partial charge in [0.15, 0.2) is 0 Å². The SMILES string of the molecule is NCC1CN(Cc2c(F)ccc(I)c2F)CCO1. The molecule has 0 amide bonds. The number of hydrogen-bond acceptors (Lipinski definition) is 3. The molecule has 3 nitrogen and oxygen atoms in total. The van der Waals surface area contributed by atoms with E-state index in [1.54, 1.807) is 0 Å². The van der Waals surface area contributed by atoms with Crippen molar-refractivity contribution in [2.75, 3.05) is 26.2 Å². The normalized spacial score (nSPS) is 21.2. The van der Waals surface area contributed by atoms with Crippen LogP contribution in [0.3, 0.4) is 0 Å². The molecule has 1 heterocycles. The van der Waals surface area contributed by atoms with Crippen molar-refractivity contribution in [2.24, 2.45) is 5.73 Å². The predicted molar refractivity (Wildman–Crippen MR) is 73.1 cm³/mol. The number of halogens is 3. The largest absolute Gasteiger partial charge is 0.374 e. The Balaban J connectivity index is 2.11. The summed E-state index contributed by atoms with van der Waals surface area (Å²) in [7, 11) is 0. The van der Waals surface area contributed by atoms with Crippen LogP contribution < -0.4 is 5.73 Å². The Hall–Kier alpha value is -0.310. The zero-order valence-corrected chi connectivity index (χ0v) is 12.0. The molecule has 0 radical (unpaired) electrons. The molecule has 0 saturated carbocycles. The topological polar surface area (TPSA) is 38.5 Å². The zero-order chi connectivity index (χ0) is 13.1. The molecule has 18 heavy (non-hydrogen) atoms. The maximum atomic E-state index is 13.9. The Morgan fingerprint density at radius 1 is 1.44 bits per heavy atom. The van der Waals surface area contributed by atoms with Crippen molar-refractivity contribution in [1.82, 2.24) is 4.90 Å². The Labute approximate surface area is 118 Å². The zero-order valence-electron chi connectivity index (χ0n) is 9.83. The lowest BCUT2D eigenvalue weighted by Gasteiger charge is -2.32. The Kier molecular flexibility index (Phi) is 4.88. The lowest BCUT2D eigenvalue weighted by Crippen LogP contribution is -2.45. The highest BCUT2D eigenvalue weighted by Gasteiger charge is 2.22. The highest BCUT2D eigenvalue weighted by atomic mass is 127. The fraction of sp³-hybridized carbons (Fsp3) is 0.500. The lowest BCUT2D eigenvalue weighted by atomic mass is 10.1. The lowest BCUT2D eigenvalue weighted by molar-refractivity contribution is -0.0266. The van der Waals surface area contributed by atoms with Crippen molar-refractivity contribution < 1.29 is 13.5 Å². The maximum absolute atomic E-state index is 13.9. The number of benzene rings is 1. The van der Waals surface area contributed by atoms with Crippen LogP contribution in [0.5, 0.6) is 0 Å². The molecule has 0 aromatic heterocycles. The smallest absolute Gasteiger partial charge is 0.143 e.